The van der Waals surface area contributed by atoms with E-state index in [1.54, 1.807) is 6.92 Å². The van der Waals surface area contributed by atoms with Crippen molar-refractivity contribution in [3.63, 3.8) is 0 Å². The fourth-order valence-corrected chi connectivity index (χ4v) is 5.60. The molecular weight excluding hydrogens is 566 g/mol. The van der Waals surface area contributed by atoms with E-state index in [0.717, 1.165) is 40.7 Å². The fourth-order valence-electron chi connectivity index (χ4n) is 4.12. The van der Waals surface area contributed by atoms with E-state index in [1.165, 1.54) is 23.1 Å². The molecule has 0 fully saturated rings. The van der Waals surface area contributed by atoms with Crippen molar-refractivity contribution in [2.45, 2.75) is 24.6 Å². The van der Waals surface area contributed by atoms with Gasteiger partial charge in [0.15, 0.2) is 0 Å². The molecule has 3 aromatic rings. The Morgan fingerprint density at radius 2 is 1.75 bits per heavy atom. The van der Waals surface area contributed by atoms with Crippen molar-refractivity contribution in [2.24, 2.45) is 0 Å². The molecule has 40 heavy (non-hydrogen) atoms. The summed E-state index contributed by atoms with van der Waals surface area (Å²) in [5.74, 6) is -1.98. The van der Waals surface area contributed by atoms with Crippen LogP contribution in [-0.2, 0) is 20.9 Å². The highest BCUT2D eigenvalue weighted by atomic mass is 32.2. The number of carbonyl (C=O) groups is 1. The van der Waals surface area contributed by atoms with Crippen LogP contribution in [0.2, 0.25) is 0 Å². The molecule has 0 atom stereocenters. The number of amides is 1. The van der Waals surface area contributed by atoms with E-state index in [9.17, 15) is 39.6 Å². The summed E-state index contributed by atoms with van der Waals surface area (Å²) in [4.78, 5) is 13.7. The molecule has 3 aromatic carbocycles. The fraction of sp³-hybridized carbons (Fsp3) is 0.269. The third-order valence-corrected chi connectivity index (χ3v) is 7.71. The van der Waals surface area contributed by atoms with Gasteiger partial charge in [-0.1, -0.05) is 12.1 Å². The molecule has 0 saturated carbocycles. The molecule has 0 aromatic heterocycles. The van der Waals surface area contributed by atoms with E-state index in [2.05, 4.69) is 4.74 Å². The topological polar surface area (TPSA) is 76.2 Å². The summed E-state index contributed by atoms with van der Waals surface area (Å²) in [6.07, 6.45) is -4.81. The van der Waals surface area contributed by atoms with E-state index >= 15 is 0 Å². The summed E-state index contributed by atoms with van der Waals surface area (Å²) >= 11 is 0. The van der Waals surface area contributed by atoms with E-state index in [0.29, 0.717) is 12.7 Å². The second kappa shape index (κ2) is 11.4. The summed E-state index contributed by atoms with van der Waals surface area (Å²) in [5.41, 5.74) is -1.30. The minimum absolute atomic E-state index is 0.0132. The molecule has 214 valence electrons. The number of fused-ring (bicyclic) bond motifs is 1. The van der Waals surface area contributed by atoms with Crippen LogP contribution in [0.1, 0.15) is 22.8 Å². The Morgan fingerprint density at radius 3 is 2.42 bits per heavy atom. The molecule has 0 spiro atoms. The molecule has 0 unspecified atom stereocenters. The van der Waals surface area contributed by atoms with E-state index in [1.807, 2.05) is 0 Å². The smallest absolute Gasteiger partial charge is 0.416 e. The zero-order valence-corrected chi connectivity index (χ0v) is 21.6. The first-order valence-corrected chi connectivity index (χ1v) is 13.2. The van der Waals surface area contributed by atoms with Crippen LogP contribution < -0.4 is 9.04 Å². The third-order valence-electron chi connectivity index (χ3n) is 5.97. The number of anilines is 1. The molecule has 1 aliphatic heterocycles. The van der Waals surface area contributed by atoms with Gasteiger partial charge in [0.25, 0.3) is 15.9 Å². The summed E-state index contributed by atoms with van der Waals surface area (Å²) in [6.45, 7) is -1.66. The van der Waals surface area contributed by atoms with Crippen LogP contribution >= 0.6 is 0 Å². The number of nitrogens with zero attached hydrogens (tertiary/aromatic N) is 2. The van der Waals surface area contributed by atoms with Gasteiger partial charge < -0.3 is 14.4 Å². The Hall–Kier alpha value is -3.78. The van der Waals surface area contributed by atoms with Gasteiger partial charge in [-0.2, -0.15) is 22.0 Å². The molecule has 4 rings (SSSR count). The minimum atomic E-state index is -4.81. The number of ether oxygens (including phenoxy) is 2. The Labute approximate surface area is 225 Å². The maximum atomic E-state index is 14.2. The quantitative estimate of drug-likeness (QED) is 0.235. The minimum Gasteiger partial charge on any atom is -0.435 e. The van der Waals surface area contributed by atoms with Crippen LogP contribution in [0.4, 0.5) is 32.0 Å². The molecule has 0 radical (unpaired) electrons. The molecular formula is C26H22F6N2O5S. The summed E-state index contributed by atoms with van der Waals surface area (Å²) in [5, 5.41) is 0. The predicted octanol–water partition coefficient (Wildman–Crippen LogP) is 5.76. The van der Waals surface area contributed by atoms with Gasteiger partial charge in [-0.15, -0.1) is 0 Å². The van der Waals surface area contributed by atoms with Gasteiger partial charge in [-0.3, -0.25) is 4.79 Å². The summed E-state index contributed by atoms with van der Waals surface area (Å²) in [7, 11) is -4.68. The van der Waals surface area contributed by atoms with Crippen LogP contribution in [0.3, 0.4) is 0 Å². The molecule has 1 aliphatic rings. The van der Waals surface area contributed by atoms with Crippen molar-refractivity contribution in [3.05, 3.63) is 77.6 Å². The van der Waals surface area contributed by atoms with Crippen LogP contribution in [0.15, 0.2) is 65.6 Å². The number of rotatable bonds is 9. The lowest BCUT2D eigenvalue weighted by atomic mass is 10.0. The van der Waals surface area contributed by atoms with Gasteiger partial charge in [0, 0.05) is 19.2 Å². The number of hydrogen-bond acceptors (Lipinski definition) is 5. The number of halogens is 6. The Balaban J connectivity index is 1.84. The van der Waals surface area contributed by atoms with Gasteiger partial charge in [0.1, 0.15) is 18.2 Å². The highest BCUT2D eigenvalue weighted by Crippen LogP contribution is 2.38. The van der Waals surface area contributed by atoms with Crippen LogP contribution in [-0.4, -0.2) is 52.3 Å². The van der Waals surface area contributed by atoms with Crippen molar-refractivity contribution in [2.75, 3.05) is 30.7 Å². The van der Waals surface area contributed by atoms with Crippen LogP contribution in [0, 0.1) is 5.82 Å². The molecule has 1 amide bonds. The van der Waals surface area contributed by atoms with Crippen LogP contribution in [0.5, 0.6) is 5.75 Å². The Kier molecular flexibility index (Phi) is 8.30. The molecule has 0 bridgehead atoms. The van der Waals surface area contributed by atoms with Crippen molar-refractivity contribution >= 4 is 21.6 Å². The molecule has 7 nitrogen and oxygen atoms in total. The second-order valence-corrected chi connectivity index (χ2v) is 10.4. The number of alkyl halides is 5. The molecule has 0 N–H and O–H groups in total. The Bertz CT molecular complexity index is 1510. The molecule has 1 heterocycles. The van der Waals surface area contributed by atoms with E-state index < -0.39 is 57.4 Å². The second-order valence-electron chi connectivity index (χ2n) is 8.57. The summed E-state index contributed by atoms with van der Waals surface area (Å²) < 4.78 is 117. The SMILES string of the molecule is CCOCCN1CN(S(=O)(=O)c2cccc(C(F)(F)F)c2)c2cc(-c3cc(F)cc(OC(F)F)c3)ccc2C1=O. The summed E-state index contributed by atoms with van der Waals surface area (Å²) in [6, 6.07) is 9.83. The van der Waals surface area contributed by atoms with Gasteiger partial charge in [0.2, 0.25) is 0 Å². The van der Waals surface area contributed by atoms with Crippen molar-refractivity contribution in [1.29, 1.82) is 0 Å². The first-order chi connectivity index (χ1) is 18.8. The highest BCUT2D eigenvalue weighted by Gasteiger charge is 2.38. The molecule has 0 saturated heterocycles. The maximum Gasteiger partial charge on any atom is 0.416 e. The normalized spacial score (nSPS) is 14.1. The average Bonchev–Trinajstić information content (AvgIpc) is 2.88. The number of hydrogen-bond donors (Lipinski definition) is 0. The van der Waals surface area contributed by atoms with E-state index in [4.69, 9.17) is 4.74 Å². The predicted molar refractivity (Wildman–Crippen MR) is 132 cm³/mol. The maximum absolute atomic E-state index is 14.2. The first-order valence-electron chi connectivity index (χ1n) is 11.8. The lowest BCUT2D eigenvalue weighted by Gasteiger charge is -2.37. The average molecular weight is 589 g/mol. The lowest BCUT2D eigenvalue weighted by molar-refractivity contribution is -0.137. The van der Waals surface area contributed by atoms with Gasteiger partial charge in [0.05, 0.1) is 28.3 Å². The zero-order chi connectivity index (χ0) is 29.2. The highest BCUT2D eigenvalue weighted by molar-refractivity contribution is 7.92. The lowest BCUT2D eigenvalue weighted by Crippen LogP contribution is -2.50. The van der Waals surface area contributed by atoms with Crippen LogP contribution in [0.25, 0.3) is 11.1 Å². The number of benzene rings is 3. The third kappa shape index (κ3) is 6.17. The molecule has 14 heteroatoms. The number of carbonyl (C=O) groups excluding carboxylic acids is 1. The van der Waals surface area contributed by atoms with Crippen molar-refractivity contribution in [3.8, 4) is 16.9 Å². The monoisotopic (exact) mass is 588 g/mol. The number of sulfonamides is 1. The van der Waals surface area contributed by atoms with Gasteiger partial charge in [-0.05, 0) is 60.5 Å². The zero-order valence-electron chi connectivity index (χ0n) is 20.8. The van der Waals surface area contributed by atoms with Gasteiger partial charge in [-0.25, -0.2) is 17.1 Å². The van der Waals surface area contributed by atoms with Crippen molar-refractivity contribution < 1.29 is 49.0 Å². The van der Waals surface area contributed by atoms with Gasteiger partial charge >= 0.3 is 12.8 Å². The first kappa shape index (κ1) is 29.2. The van der Waals surface area contributed by atoms with Crippen molar-refractivity contribution in [1.82, 2.24) is 4.90 Å². The van der Waals surface area contributed by atoms with E-state index in [-0.39, 0.29) is 35.5 Å². The molecule has 0 aliphatic carbocycles. The Morgan fingerprint density at radius 1 is 1.00 bits per heavy atom. The standard InChI is InChI=1S/C26H22F6N2O5S/c1-2-38-9-8-33-15-34(40(36,37)21-5-3-4-18(13-21)26(30,31)32)23-12-16(6-7-22(23)24(33)35)17-10-19(27)14-20(11-17)39-25(28)29/h3-7,10-14,25H,2,8-9,15H2,1H3. The largest absolute Gasteiger partial charge is 0.435 e.